The number of carbonyl (C=O) groups excluding carboxylic acids is 3. The fraction of sp³-hybridized carbons (Fsp3) is 0.318. The molecule has 6 nitrogen and oxygen atoms in total. The lowest BCUT2D eigenvalue weighted by Crippen LogP contribution is -2.39. The first-order valence-electron chi connectivity index (χ1n) is 8.95. The van der Waals surface area contributed by atoms with Gasteiger partial charge in [-0.05, 0) is 57.5 Å². The molecule has 0 unspecified atom stereocenters. The number of Topliss-reactive ketones (excluding diaryl/α,β-unsaturated/α-hetero) is 1. The van der Waals surface area contributed by atoms with Crippen LogP contribution in [-0.2, 0) is 4.79 Å². The number of hydrogen-bond acceptors (Lipinski definition) is 6. The van der Waals surface area contributed by atoms with Gasteiger partial charge in [0.1, 0.15) is 0 Å². The van der Waals surface area contributed by atoms with Crippen molar-refractivity contribution in [1.82, 2.24) is 5.32 Å². The molecule has 0 saturated heterocycles. The molecule has 0 spiro atoms. The lowest BCUT2D eigenvalue weighted by Gasteiger charge is -2.20. The maximum atomic E-state index is 12.6. The molecule has 0 fully saturated rings. The fourth-order valence-corrected chi connectivity index (χ4v) is 2.40. The van der Waals surface area contributed by atoms with Crippen molar-refractivity contribution in [3.05, 3.63) is 59.2 Å². The highest BCUT2D eigenvalue weighted by Crippen LogP contribution is 2.30. The predicted molar refractivity (Wildman–Crippen MR) is 106 cm³/mol. The molecule has 0 atom stereocenters. The minimum atomic E-state index is -0.594. The van der Waals surface area contributed by atoms with Gasteiger partial charge in [-0.15, -0.1) is 0 Å². The highest BCUT2D eigenvalue weighted by atomic mass is 16.6. The standard InChI is InChI=1S/C22H25NO5/c1-14-8-6-7-9-17(14)21(26)28-20-12-16(10-11-19(20)27-15(2)24)18(25)13-23-22(3,4)5/h6-12,23H,13H2,1-5H3. The number of hydrogen-bond donors (Lipinski definition) is 1. The number of carbonyl (C=O) groups is 3. The summed E-state index contributed by atoms with van der Waals surface area (Å²) in [5.41, 5.74) is 1.28. The lowest BCUT2D eigenvalue weighted by molar-refractivity contribution is -0.132. The highest BCUT2D eigenvalue weighted by molar-refractivity contribution is 5.99. The molecule has 0 aliphatic rings. The maximum Gasteiger partial charge on any atom is 0.343 e. The Morgan fingerprint density at radius 2 is 1.64 bits per heavy atom. The van der Waals surface area contributed by atoms with Gasteiger partial charge < -0.3 is 14.8 Å². The molecule has 28 heavy (non-hydrogen) atoms. The minimum Gasteiger partial charge on any atom is -0.423 e. The molecule has 0 saturated carbocycles. The van der Waals surface area contributed by atoms with Gasteiger partial charge in [-0.25, -0.2) is 4.79 Å². The van der Waals surface area contributed by atoms with Crippen molar-refractivity contribution in [2.24, 2.45) is 0 Å². The van der Waals surface area contributed by atoms with Gasteiger partial charge in [0.2, 0.25) is 0 Å². The third-order valence-electron chi connectivity index (χ3n) is 3.87. The number of ether oxygens (including phenoxy) is 2. The first kappa shape index (κ1) is 21.3. The highest BCUT2D eigenvalue weighted by Gasteiger charge is 2.19. The molecule has 2 aromatic rings. The van der Waals surface area contributed by atoms with Crippen LogP contribution < -0.4 is 14.8 Å². The zero-order valence-electron chi connectivity index (χ0n) is 16.8. The zero-order valence-corrected chi connectivity index (χ0v) is 16.8. The average molecular weight is 383 g/mol. The van der Waals surface area contributed by atoms with Gasteiger partial charge in [-0.3, -0.25) is 9.59 Å². The summed E-state index contributed by atoms with van der Waals surface area (Å²) in [6.45, 7) is 9.04. The van der Waals surface area contributed by atoms with E-state index in [0.717, 1.165) is 5.56 Å². The van der Waals surface area contributed by atoms with Crippen LogP contribution in [0.4, 0.5) is 0 Å². The van der Waals surface area contributed by atoms with Crippen LogP contribution in [0.15, 0.2) is 42.5 Å². The molecule has 0 amide bonds. The number of ketones is 1. The topological polar surface area (TPSA) is 81.7 Å². The van der Waals surface area contributed by atoms with E-state index in [4.69, 9.17) is 9.47 Å². The van der Waals surface area contributed by atoms with Crippen molar-refractivity contribution >= 4 is 17.7 Å². The monoisotopic (exact) mass is 383 g/mol. The molecule has 148 valence electrons. The van der Waals surface area contributed by atoms with Gasteiger partial charge in [0.15, 0.2) is 17.3 Å². The quantitative estimate of drug-likeness (QED) is 0.465. The van der Waals surface area contributed by atoms with Gasteiger partial charge in [-0.1, -0.05) is 18.2 Å². The van der Waals surface area contributed by atoms with Crippen LogP contribution >= 0.6 is 0 Å². The van der Waals surface area contributed by atoms with Crippen LogP contribution in [0.25, 0.3) is 0 Å². The average Bonchev–Trinajstić information content (AvgIpc) is 2.60. The largest absolute Gasteiger partial charge is 0.423 e. The van der Waals surface area contributed by atoms with Crippen LogP contribution in [0.2, 0.25) is 0 Å². The third kappa shape index (κ3) is 6.03. The molecule has 0 heterocycles. The Balaban J connectivity index is 2.31. The summed E-state index contributed by atoms with van der Waals surface area (Å²) in [6.07, 6.45) is 0. The second-order valence-corrected chi connectivity index (χ2v) is 7.49. The van der Waals surface area contributed by atoms with Gasteiger partial charge in [0.25, 0.3) is 0 Å². The van der Waals surface area contributed by atoms with E-state index >= 15 is 0 Å². The molecule has 0 aliphatic carbocycles. The van der Waals surface area contributed by atoms with E-state index in [1.807, 2.05) is 26.8 Å². The van der Waals surface area contributed by atoms with Crippen molar-refractivity contribution in [2.45, 2.75) is 40.2 Å². The first-order chi connectivity index (χ1) is 13.1. The van der Waals surface area contributed by atoms with Crippen LogP contribution in [0, 0.1) is 6.92 Å². The molecule has 1 N–H and O–H groups in total. The molecule has 0 radical (unpaired) electrons. The SMILES string of the molecule is CC(=O)Oc1ccc(C(=O)CNC(C)(C)C)cc1OC(=O)c1ccccc1C. The van der Waals surface area contributed by atoms with E-state index in [0.29, 0.717) is 11.1 Å². The zero-order chi connectivity index (χ0) is 20.9. The molecule has 0 aromatic heterocycles. The van der Waals surface area contributed by atoms with Crippen molar-refractivity contribution in [2.75, 3.05) is 6.54 Å². The van der Waals surface area contributed by atoms with Crippen LogP contribution in [0.1, 0.15) is 54.0 Å². The van der Waals surface area contributed by atoms with Gasteiger partial charge in [-0.2, -0.15) is 0 Å². The smallest absolute Gasteiger partial charge is 0.343 e. The van der Waals surface area contributed by atoms with E-state index in [9.17, 15) is 14.4 Å². The van der Waals surface area contributed by atoms with Crippen LogP contribution in [0.3, 0.4) is 0 Å². The Labute approximate surface area is 164 Å². The van der Waals surface area contributed by atoms with Crippen LogP contribution in [0.5, 0.6) is 11.5 Å². The van der Waals surface area contributed by atoms with Crippen molar-refractivity contribution in [3.63, 3.8) is 0 Å². The summed E-state index contributed by atoms with van der Waals surface area (Å²) in [5, 5.41) is 3.12. The molecule has 0 bridgehead atoms. The number of esters is 2. The summed E-state index contributed by atoms with van der Waals surface area (Å²) in [5.74, 6) is -1.22. The first-order valence-corrected chi connectivity index (χ1v) is 8.95. The van der Waals surface area contributed by atoms with Crippen molar-refractivity contribution in [1.29, 1.82) is 0 Å². The Morgan fingerprint density at radius 3 is 2.25 bits per heavy atom. The van der Waals surface area contributed by atoms with Crippen molar-refractivity contribution in [3.8, 4) is 11.5 Å². The second-order valence-electron chi connectivity index (χ2n) is 7.49. The molecular weight excluding hydrogens is 358 g/mol. The third-order valence-corrected chi connectivity index (χ3v) is 3.87. The molecule has 0 aliphatic heterocycles. The Bertz CT molecular complexity index is 896. The minimum absolute atomic E-state index is 0.0186. The summed E-state index contributed by atoms with van der Waals surface area (Å²) in [4.78, 5) is 36.4. The van der Waals surface area contributed by atoms with Gasteiger partial charge in [0.05, 0.1) is 12.1 Å². The van der Waals surface area contributed by atoms with E-state index in [1.54, 1.807) is 25.1 Å². The molecular formula is C22H25NO5. The molecule has 6 heteroatoms. The van der Waals surface area contributed by atoms with Crippen molar-refractivity contribution < 1.29 is 23.9 Å². The number of nitrogens with one attached hydrogen (secondary N) is 1. The second kappa shape index (κ2) is 8.80. The van der Waals surface area contributed by atoms with E-state index in [-0.39, 0.29) is 29.4 Å². The lowest BCUT2D eigenvalue weighted by atomic mass is 10.1. The van der Waals surface area contributed by atoms with E-state index < -0.39 is 11.9 Å². The Hall–Kier alpha value is -2.99. The Morgan fingerprint density at radius 1 is 0.964 bits per heavy atom. The van der Waals surface area contributed by atoms with Gasteiger partial charge >= 0.3 is 11.9 Å². The Kier molecular flexibility index (Phi) is 6.70. The van der Waals surface area contributed by atoms with Gasteiger partial charge in [0, 0.05) is 18.0 Å². The summed E-state index contributed by atoms with van der Waals surface area (Å²) in [6, 6.07) is 11.4. The van der Waals surface area contributed by atoms with E-state index in [2.05, 4.69) is 5.32 Å². The predicted octanol–water partition coefficient (Wildman–Crippen LogP) is 3.71. The maximum absolute atomic E-state index is 12.6. The number of aryl methyl sites for hydroxylation is 1. The summed E-state index contributed by atoms with van der Waals surface area (Å²) < 4.78 is 10.6. The molecule has 2 rings (SSSR count). The summed E-state index contributed by atoms with van der Waals surface area (Å²) >= 11 is 0. The summed E-state index contributed by atoms with van der Waals surface area (Å²) in [7, 11) is 0. The van der Waals surface area contributed by atoms with Crippen LogP contribution in [-0.4, -0.2) is 29.8 Å². The number of rotatable bonds is 6. The number of benzene rings is 2. The fourth-order valence-electron chi connectivity index (χ4n) is 2.40. The molecule has 2 aromatic carbocycles. The van der Waals surface area contributed by atoms with E-state index in [1.165, 1.54) is 25.1 Å². The normalized spacial score (nSPS) is 11.0.